The highest BCUT2D eigenvalue weighted by Gasteiger charge is 2.64. The molecule has 42 heavy (non-hydrogen) atoms. The Morgan fingerprint density at radius 2 is 2.02 bits per heavy atom. The number of nitrogens with zero attached hydrogens (tertiary/aromatic N) is 4. The molecule has 2 aliphatic carbocycles. The number of rotatable bonds is 7. The Kier molecular flexibility index (Phi) is 6.36. The number of alkyl carbamates (subject to hydrolysis) is 1. The monoisotopic (exact) mass is 592 g/mol. The molecular formula is C32H41ClN6O3. The van der Waals surface area contributed by atoms with Gasteiger partial charge in [-0.1, -0.05) is 36.7 Å². The molecular weight excluding hydrogens is 552 g/mol. The van der Waals surface area contributed by atoms with Crippen LogP contribution < -0.4 is 15.5 Å². The lowest BCUT2D eigenvalue weighted by Gasteiger charge is -2.44. The molecule has 1 amide bonds. The molecule has 3 saturated heterocycles. The Balaban J connectivity index is 1.08. The molecule has 0 radical (unpaired) electrons. The summed E-state index contributed by atoms with van der Waals surface area (Å²) in [5.41, 5.74) is 2.97. The average Bonchev–Trinajstić information content (AvgIpc) is 3.34. The van der Waals surface area contributed by atoms with Crippen molar-refractivity contribution in [3.8, 4) is 0 Å². The van der Waals surface area contributed by atoms with Crippen molar-refractivity contribution < 1.29 is 14.3 Å². The number of carbonyl (C=O) groups excluding carboxylic acids is 1. The Morgan fingerprint density at radius 1 is 1.24 bits per heavy atom. The summed E-state index contributed by atoms with van der Waals surface area (Å²) in [6, 6.07) is 10.5. The van der Waals surface area contributed by atoms with Gasteiger partial charge in [-0.3, -0.25) is 0 Å². The highest BCUT2D eigenvalue weighted by Crippen LogP contribution is 2.55. The maximum atomic E-state index is 12.4. The number of anilines is 1. The van der Waals surface area contributed by atoms with Gasteiger partial charge in [-0.05, 0) is 76.6 Å². The maximum absolute atomic E-state index is 12.4. The fourth-order valence-corrected chi connectivity index (χ4v) is 7.56. The minimum atomic E-state index is -0.540. The number of halogens is 1. The van der Waals surface area contributed by atoms with Gasteiger partial charge in [-0.2, -0.15) is 0 Å². The Morgan fingerprint density at radius 3 is 2.74 bits per heavy atom. The number of carbonyl (C=O) groups is 1. The third kappa shape index (κ3) is 4.74. The lowest BCUT2D eigenvalue weighted by molar-refractivity contribution is -0.0424. The molecule has 3 aromatic rings. The zero-order chi connectivity index (χ0) is 29.5. The van der Waals surface area contributed by atoms with Gasteiger partial charge in [0.25, 0.3) is 0 Å². The zero-order valence-corrected chi connectivity index (χ0v) is 25.9. The van der Waals surface area contributed by atoms with Gasteiger partial charge >= 0.3 is 6.09 Å². The molecule has 9 nitrogen and oxygen atoms in total. The molecule has 2 aromatic heterocycles. The van der Waals surface area contributed by atoms with Gasteiger partial charge in [0.1, 0.15) is 11.2 Å². The molecule has 3 aliphatic heterocycles. The molecule has 3 unspecified atom stereocenters. The van der Waals surface area contributed by atoms with E-state index < -0.39 is 11.2 Å². The summed E-state index contributed by atoms with van der Waals surface area (Å²) in [4.78, 5) is 19.9. The predicted octanol–water partition coefficient (Wildman–Crippen LogP) is 5.12. The van der Waals surface area contributed by atoms with Crippen molar-refractivity contribution in [1.29, 1.82) is 0 Å². The average molecular weight is 593 g/mol. The predicted molar refractivity (Wildman–Crippen MR) is 162 cm³/mol. The largest absolute Gasteiger partial charge is 0.444 e. The summed E-state index contributed by atoms with van der Waals surface area (Å²) in [7, 11) is 0. The minimum absolute atomic E-state index is 0.0114. The fraction of sp³-hybridized carbons (Fsp3) is 0.594. The molecule has 2 saturated carbocycles. The first-order chi connectivity index (χ1) is 19.9. The molecule has 5 heterocycles. The van der Waals surface area contributed by atoms with E-state index in [1.807, 2.05) is 37.4 Å². The van der Waals surface area contributed by atoms with E-state index in [1.54, 1.807) is 0 Å². The number of fused-ring (bicyclic) bond motifs is 2. The molecule has 1 aromatic carbocycles. The van der Waals surface area contributed by atoms with Crippen molar-refractivity contribution in [3.63, 3.8) is 0 Å². The molecule has 5 fully saturated rings. The highest BCUT2D eigenvalue weighted by molar-refractivity contribution is 6.31. The molecule has 5 aliphatic rings. The van der Waals surface area contributed by atoms with E-state index >= 15 is 0 Å². The molecule has 2 N–H and O–H groups in total. The van der Waals surface area contributed by atoms with Crippen LogP contribution >= 0.6 is 11.6 Å². The van der Waals surface area contributed by atoms with Crippen LogP contribution in [-0.2, 0) is 20.5 Å². The van der Waals surface area contributed by atoms with E-state index in [4.69, 9.17) is 31.2 Å². The second-order valence-electron chi connectivity index (χ2n) is 14.2. The van der Waals surface area contributed by atoms with Crippen LogP contribution in [0.4, 0.5) is 10.5 Å². The number of hydrogen-bond donors (Lipinski definition) is 2. The summed E-state index contributed by atoms with van der Waals surface area (Å²) >= 11 is 6.60. The van der Waals surface area contributed by atoms with E-state index in [-0.39, 0.29) is 23.1 Å². The van der Waals surface area contributed by atoms with E-state index in [1.165, 1.54) is 5.56 Å². The molecule has 0 spiro atoms. The smallest absolute Gasteiger partial charge is 0.408 e. The highest BCUT2D eigenvalue weighted by atomic mass is 35.5. The van der Waals surface area contributed by atoms with Gasteiger partial charge in [-0.15, -0.1) is 5.10 Å². The van der Waals surface area contributed by atoms with Gasteiger partial charge in [-0.25, -0.2) is 14.3 Å². The summed E-state index contributed by atoms with van der Waals surface area (Å²) in [6.45, 7) is 13.3. The number of aromatic nitrogens is 3. The second-order valence-corrected chi connectivity index (χ2v) is 14.6. The molecule has 4 atom stereocenters. The summed E-state index contributed by atoms with van der Waals surface area (Å²) < 4.78 is 13.8. The zero-order valence-electron chi connectivity index (χ0n) is 25.2. The summed E-state index contributed by atoms with van der Waals surface area (Å²) in [6.07, 6.45) is 5.55. The number of hydrogen-bond acceptors (Lipinski definition) is 7. The standard InChI is InChI=1S/C32H41ClN6O3/c1-20-14-22(38-13-12-30(5,19-38)23-8-6-7-9-24(23)33)16-39-26(20)35-27(37-39)32-15-21(17-41-32)25(32)34-18-31(10-11-31)36-28(40)42-29(2,3)4/h6-9,14,16,21,25,34H,10-13,15,17-19H2,1-5H3,(H,36,40)/t21?,25?,30-,32?/m0/s1. The SMILES string of the molecule is Cc1cc(N2CC[C@](C)(c3ccccc3Cl)C2)cn2nc(C34CC(CO3)C4NCC3(NC(=O)OC(C)(C)C)CC3)nc12. The van der Waals surface area contributed by atoms with Crippen LogP contribution in [0.15, 0.2) is 36.5 Å². The van der Waals surface area contributed by atoms with Crippen LogP contribution in [0.1, 0.15) is 70.3 Å². The Hall–Kier alpha value is -2.88. The van der Waals surface area contributed by atoms with Crippen LogP contribution in [0.5, 0.6) is 0 Å². The van der Waals surface area contributed by atoms with Gasteiger partial charge < -0.3 is 25.0 Å². The fourth-order valence-electron chi connectivity index (χ4n) is 7.20. The van der Waals surface area contributed by atoms with Crippen molar-refractivity contribution >= 4 is 29.0 Å². The maximum Gasteiger partial charge on any atom is 0.408 e. The molecule has 2 bridgehead atoms. The molecule has 224 valence electrons. The third-order valence-corrected chi connectivity index (χ3v) is 10.0. The van der Waals surface area contributed by atoms with Crippen molar-refractivity contribution in [2.75, 3.05) is 31.1 Å². The van der Waals surface area contributed by atoms with Crippen molar-refractivity contribution in [2.24, 2.45) is 5.92 Å². The van der Waals surface area contributed by atoms with Crippen LogP contribution in [0.25, 0.3) is 5.65 Å². The summed E-state index contributed by atoms with van der Waals surface area (Å²) in [5, 5.41) is 12.7. The van der Waals surface area contributed by atoms with Gasteiger partial charge in [0.05, 0.1) is 24.0 Å². The van der Waals surface area contributed by atoms with Gasteiger partial charge in [0.15, 0.2) is 11.5 Å². The van der Waals surface area contributed by atoms with Crippen LogP contribution in [-0.4, -0.2) is 64.1 Å². The normalized spacial score (nSPS) is 29.5. The number of nitrogens with one attached hydrogen (secondary N) is 2. The third-order valence-electron chi connectivity index (χ3n) is 9.72. The van der Waals surface area contributed by atoms with Gasteiger partial charge in [0.2, 0.25) is 0 Å². The van der Waals surface area contributed by atoms with Gasteiger partial charge in [0, 0.05) is 42.0 Å². The van der Waals surface area contributed by atoms with E-state index in [0.717, 1.165) is 66.5 Å². The summed E-state index contributed by atoms with van der Waals surface area (Å²) in [5.74, 6) is 1.15. The second kappa shape index (κ2) is 9.56. The minimum Gasteiger partial charge on any atom is -0.444 e. The topological polar surface area (TPSA) is 93.0 Å². The number of pyridine rings is 1. The lowest BCUT2D eigenvalue weighted by atomic mass is 9.68. The Labute approximate surface area is 252 Å². The van der Waals surface area contributed by atoms with Crippen LogP contribution in [0, 0.1) is 12.8 Å². The van der Waals surface area contributed by atoms with Crippen LogP contribution in [0.2, 0.25) is 5.02 Å². The quantitative estimate of drug-likeness (QED) is 0.393. The van der Waals surface area contributed by atoms with E-state index in [2.05, 4.69) is 53.8 Å². The molecule has 10 heteroatoms. The number of aryl methyl sites for hydroxylation is 1. The van der Waals surface area contributed by atoms with E-state index in [0.29, 0.717) is 19.1 Å². The van der Waals surface area contributed by atoms with Crippen molar-refractivity contribution in [1.82, 2.24) is 25.2 Å². The number of ether oxygens (including phenoxy) is 2. The Bertz CT molecular complexity index is 1540. The van der Waals surface area contributed by atoms with Crippen LogP contribution in [0.3, 0.4) is 0 Å². The lowest BCUT2D eigenvalue weighted by Crippen LogP contribution is -2.61. The first kappa shape index (κ1) is 27.9. The van der Waals surface area contributed by atoms with E-state index in [9.17, 15) is 4.79 Å². The van der Waals surface area contributed by atoms with Crippen molar-refractivity contribution in [2.45, 2.75) is 88.5 Å². The first-order valence-electron chi connectivity index (χ1n) is 15.1. The number of benzene rings is 1. The number of amides is 1. The molecule has 8 rings (SSSR count). The van der Waals surface area contributed by atoms with Crippen molar-refractivity contribution in [3.05, 3.63) is 58.5 Å². The first-order valence-corrected chi connectivity index (χ1v) is 15.5.